The molecular weight excluding hydrogens is 298 g/mol. The average molecular weight is 315 g/mol. The summed E-state index contributed by atoms with van der Waals surface area (Å²) < 4.78 is 15.7. The average Bonchev–Trinajstić information content (AvgIpc) is 3.24. The molecule has 0 spiro atoms. The second kappa shape index (κ2) is 6.56. The largest absolute Gasteiger partial charge is 0.497 e. The number of benzene rings is 1. The number of carbonyl (C=O) groups is 1. The van der Waals surface area contributed by atoms with E-state index in [4.69, 9.17) is 18.7 Å². The highest BCUT2D eigenvalue weighted by Gasteiger charge is 2.44. The fourth-order valence-electron chi connectivity index (χ4n) is 2.51. The Labute approximate surface area is 133 Å². The molecule has 0 unspecified atom stereocenters. The summed E-state index contributed by atoms with van der Waals surface area (Å²) in [7, 11) is 1.60. The zero-order chi connectivity index (χ0) is 16.2. The van der Waals surface area contributed by atoms with Crippen LogP contribution >= 0.6 is 0 Å². The van der Waals surface area contributed by atoms with Gasteiger partial charge in [-0.25, -0.2) is 0 Å². The molecule has 23 heavy (non-hydrogen) atoms. The van der Waals surface area contributed by atoms with Gasteiger partial charge in [0.05, 0.1) is 20.0 Å². The Hall–Kier alpha value is -2.76. The number of methoxy groups -OCH3 is 1. The zero-order valence-electron chi connectivity index (χ0n) is 12.9. The van der Waals surface area contributed by atoms with E-state index in [1.807, 2.05) is 12.1 Å². The maximum atomic E-state index is 12.4. The van der Waals surface area contributed by atoms with Gasteiger partial charge in [0.2, 0.25) is 6.10 Å². The molecule has 1 aromatic heterocycles. The normalized spacial score (nSPS) is 19.8. The van der Waals surface area contributed by atoms with Crippen LogP contribution in [0.5, 0.6) is 5.75 Å². The molecular formula is C17H17NO5. The molecule has 0 N–H and O–H groups in total. The van der Waals surface area contributed by atoms with Gasteiger partial charge in [-0.1, -0.05) is 5.16 Å². The van der Waals surface area contributed by atoms with Crippen LogP contribution in [-0.4, -0.2) is 25.4 Å². The predicted molar refractivity (Wildman–Crippen MR) is 82.2 cm³/mol. The van der Waals surface area contributed by atoms with Crippen molar-refractivity contribution < 1.29 is 23.5 Å². The van der Waals surface area contributed by atoms with Crippen LogP contribution in [0.15, 0.2) is 52.2 Å². The topological polar surface area (TPSA) is 70.3 Å². The van der Waals surface area contributed by atoms with Crippen LogP contribution in [0.1, 0.15) is 24.4 Å². The van der Waals surface area contributed by atoms with Crippen LogP contribution in [-0.2, 0) is 14.4 Å². The van der Waals surface area contributed by atoms with Crippen LogP contribution in [0.2, 0.25) is 0 Å². The van der Waals surface area contributed by atoms with Gasteiger partial charge in [0.1, 0.15) is 23.1 Å². The first-order valence-electron chi connectivity index (χ1n) is 7.32. The molecule has 2 aromatic rings. The number of hydrogen-bond acceptors (Lipinski definition) is 6. The summed E-state index contributed by atoms with van der Waals surface area (Å²) in [6.45, 7) is 2.05. The van der Waals surface area contributed by atoms with Crippen LogP contribution in [0, 0.1) is 5.92 Å². The number of furan rings is 1. The van der Waals surface area contributed by atoms with Gasteiger partial charge in [0, 0.05) is 5.56 Å². The van der Waals surface area contributed by atoms with E-state index in [9.17, 15) is 4.79 Å². The summed E-state index contributed by atoms with van der Waals surface area (Å²) in [5, 5.41) is 4.10. The van der Waals surface area contributed by atoms with Crippen molar-refractivity contribution in [3.63, 3.8) is 0 Å². The minimum atomic E-state index is -0.672. The zero-order valence-corrected chi connectivity index (χ0v) is 12.9. The van der Waals surface area contributed by atoms with Crippen molar-refractivity contribution in [3.05, 3.63) is 54.0 Å². The number of oxime groups is 1. The summed E-state index contributed by atoms with van der Waals surface area (Å²) in [4.78, 5) is 17.9. The van der Waals surface area contributed by atoms with Crippen LogP contribution in [0.4, 0.5) is 0 Å². The van der Waals surface area contributed by atoms with Crippen molar-refractivity contribution >= 4 is 11.7 Å². The third kappa shape index (κ3) is 2.92. The molecule has 0 saturated heterocycles. The number of hydrogen-bond donors (Lipinski definition) is 0. The van der Waals surface area contributed by atoms with Gasteiger partial charge < -0.3 is 18.7 Å². The molecule has 6 nitrogen and oxygen atoms in total. The lowest BCUT2D eigenvalue weighted by molar-refractivity contribution is -0.149. The van der Waals surface area contributed by atoms with E-state index in [-0.39, 0.29) is 12.6 Å². The first-order valence-corrected chi connectivity index (χ1v) is 7.32. The molecule has 6 heteroatoms. The van der Waals surface area contributed by atoms with Crippen molar-refractivity contribution in [1.82, 2.24) is 0 Å². The molecule has 0 fully saturated rings. The molecule has 0 saturated carbocycles. The summed E-state index contributed by atoms with van der Waals surface area (Å²) in [5.74, 6) is 0.203. The summed E-state index contributed by atoms with van der Waals surface area (Å²) in [5.41, 5.74) is 1.30. The quantitative estimate of drug-likeness (QED) is 0.793. The van der Waals surface area contributed by atoms with E-state index in [0.717, 1.165) is 11.3 Å². The third-order valence-electron chi connectivity index (χ3n) is 3.61. The van der Waals surface area contributed by atoms with Crippen LogP contribution in [0.3, 0.4) is 0 Å². The Morgan fingerprint density at radius 3 is 2.65 bits per heavy atom. The van der Waals surface area contributed by atoms with Gasteiger partial charge in [-0.2, -0.15) is 0 Å². The lowest BCUT2D eigenvalue weighted by Crippen LogP contribution is -2.28. The predicted octanol–water partition coefficient (Wildman–Crippen LogP) is 2.94. The maximum absolute atomic E-state index is 12.4. The number of nitrogens with zero attached hydrogens (tertiary/aromatic N) is 1. The first-order chi connectivity index (χ1) is 11.2. The van der Waals surface area contributed by atoms with Gasteiger partial charge in [0.25, 0.3) is 0 Å². The summed E-state index contributed by atoms with van der Waals surface area (Å²) in [6, 6.07) is 10.8. The third-order valence-corrected chi connectivity index (χ3v) is 3.61. The van der Waals surface area contributed by atoms with E-state index >= 15 is 0 Å². The molecule has 1 aliphatic rings. The summed E-state index contributed by atoms with van der Waals surface area (Å²) in [6.07, 6.45) is 0.910. The molecule has 2 heterocycles. The molecule has 3 rings (SSSR count). The first kappa shape index (κ1) is 15.1. The van der Waals surface area contributed by atoms with Crippen molar-refractivity contribution in [1.29, 1.82) is 0 Å². The highest BCUT2D eigenvalue weighted by Crippen LogP contribution is 2.36. The molecule has 1 aliphatic heterocycles. The van der Waals surface area contributed by atoms with Crippen molar-refractivity contribution in [2.24, 2.45) is 11.1 Å². The highest BCUT2D eigenvalue weighted by molar-refractivity contribution is 6.12. The van der Waals surface area contributed by atoms with E-state index in [1.54, 1.807) is 38.3 Å². The SMILES string of the molecule is CCOC(=O)[C@H]1C(c2ccc(OC)cc2)=NO[C@@H]1c1ccco1. The van der Waals surface area contributed by atoms with Crippen molar-refractivity contribution in [2.45, 2.75) is 13.0 Å². The fourth-order valence-corrected chi connectivity index (χ4v) is 2.51. The summed E-state index contributed by atoms with van der Waals surface area (Å²) >= 11 is 0. The molecule has 0 amide bonds. The lowest BCUT2D eigenvalue weighted by atomic mass is 9.91. The van der Waals surface area contributed by atoms with Crippen molar-refractivity contribution in [2.75, 3.05) is 13.7 Å². The Kier molecular flexibility index (Phi) is 4.32. The Bertz CT molecular complexity index is 690. The van der Waals surface area contributed by atoms with E-state index in [1.165, 1.54) is 6.26 Å². The molecule has 0 bridgehead atoms. The lowest BCUT2D eigenvalue weighted by Gasteiger charge is -2.16. The van der Waals surface area contributed by atoms with Gasteiger partial charge in [-0.3, -0.25) is 4.79 Å². The van der Waals surface area contributed by atoms with Gasteiger partial charge in [0.15, 0.2) is 0 Å². The molecule has 2 atom stereocenters. The van der Waals surface area contributed by atoms with E-state index in [2.05, 4.69) is 5.16 Å². The number of rotatable bonds is 5. The van der Waals surface area contributed by atoms with E-state index < -0.39 is 12.0 Å². The fraction of sp³-hybridized carbons (Fsp3) is 0.294. The van der Waals surface area contributed by atoms with Crippen molar-refractivity contribution in [3.8, 4) is 5.75 Å². The minimum absolute atomic E-state index is 0.288. The van der Waals surface area contributed by atoms with Gasteiger partial charge in [-0.15, -0.1) is 0 Å². The van der Waals surface area contributed by atoms with E-state index in [0.29, 0.717) is 11.5 Å². The Morgan fingerprint density at radius 2 is 2.04 bits per heavy atom. The molecule has 120 valence electrons. The van der Waals surface area contributed by atoms with Crippen LogP contribution < -0.4 is 4.74 Å². The molecule has 1 aromatic carbocycles. The standard InChI is InChI=1S/C17H17NO5/c1-3-21-17(19)14-15(11-6-8-12(20-2)9-7-11)18-23-16(14)13-5-4-10-22-13/h4-10,14,16H,3H2,1-2H3/t14-,16+/m0/s1. The van der Waals surface area contributed by atoms with Gasteiger partial charge in [-0.05, 0) is 43.3 Å². The van der Waals surface area contributed by atoms with Crippen LogP contribution in [0.25, 0.3) is 0 Å². The smallest absolute Gasteiger partial charge is 0.319 e. The second-order valence-electron chi connectivity index (χ2n) is 4.98. The number of esters is 1. The highest BCUT2D eigenvalue weighted by atomic mass is 16.7. The number of carbonyl (C=O) groups excluding carboxylic acids is 1. The minimum Gasteiger partial charge on any atom is -0.497 e. The Balaban J connectivity index is 1.92. The molecule has 0 radical (unpaired) electrons. The maximum Gasteiger partial charge on any atom is 0.319 e. The monoisotopic (exact) mass is 315 g/mol. The number of ether oxygens (including phenoxy) is 2. The second-order valence-corrected chi connectivity index (χ2v) is 4.98. The van der Waals surface area contributed by atoms with Gasteiger partial charge >= 0.3 is 5.97 Å². The molecule has 0 aliphatic carbocycles. The Morgan fingerprint density at radius 1 is 1.26 bits per heavy atom.